The number of hydrogen-bond donors (Lipinski definition) is 0. The molecule has 0 saturated carbocycles. The van der Waals surface area contributed by atoms with Gasteiger partial charge in [0, 0.05) is 10.5 Å². The van der Waals surface area contributed by atoms with Gasteiger partial charge in [-0.1, -0.05) is 6.07 Å². The Balaban J connectivity index is 2.47. The quantitative estimate of drug-likeness (QED) is 0.620. The summed E-state index contributed by atoms with van der Waals surface area (Å²) < 4.78 is 5.37. The molecule has 0 aliphatic heterocycles. The highest BCUT2D eigenvalue weighted by atomic mass is 32.2. The van der Waals surface area contributed by atoms with Crippen molar-refractivity contribution in [2.75, 3.05) is 13.4 Å². The van der Waals surface area contributed by atoms with E-state index in [1.165, 1.54) is 0 Å². The molecule has 0 N–H and O–H groups in total. The molecular formula is C17H18O2S. The highest BCUT2D eigenvalue weighted by Crippen LogP contribution is 2.27. The lowest BCUT2D eigenvalue weighted by atomic mass is 9.96. The van der Waals surface area contributed by atoms with Crippen LogP contribution in [0.25, 0.3) is 0 Å². The van der Waals surface area contributed by atoms with E-state index in [-0.39, 0.29) is 5.78 Å². The van der Waals surface area contributed by atoms with Crippen molar-refractivity contribution in [2.45, 2.75) is 18.7 Å². The molecule has 0 amide bonds. The van der Waals surface area contributed by atoms with Crippen LogP contribution in [0.2, 0.25) is 0 Å². The predicted molar refractivity (Wildman–Crippen MR) is 84.1 cm³/mol. The van der Waals surface area contributed by atoms with Gasteiger partial charge in [0.05, 0.1) is 12.7 Å². The number of carbonyl (C=O) groups is 1. The lowest BCUT2D eigenvalue weighted by molar-refractivity contribution is 0.103. The number of ether oxygens (including phenoxy) is 1. The Morgan fingerprint density at radius 3 is 2.30 bits per heavy atom. The smallest absolute Gasteiger partial charge is 0.197 e. The summed E-state index contributed by atoms with van der Waals surface area (Å²) in [4.78, 5) is 13.8. The van der Waals surface area contributed by atoms with Crippen molar-refractivity contribution >= 4 is 17.5 Å². The molecule has 0 radical (unpaired) electrons. The highest BCUT2D eigenvalue weighted by Gasteiger charge is 2.17. The number of ketones is 1. The number of carbonyl (C=O) groups excluding carboxylic acids is 1. The van der Waals surface area contributed by atoms with Crippen LogP contribution in [0.4, 0.5) is 0 Å². The minimum Gasteiger partial charge on any atom is -0.496 e. The molecule has 0 aliphatic rings. The average molecular weight is 286 g/mol. The lowest BCUT2D eigenvalue weighted by Crippen LogP contribution is -2.07. The summed E-state index contributed by atoms with van der Waals surface area (Å²) in [6.07, 6.45) is 2.02. The highest BCUT2D eigenvalue weighted by molar-refractivity contribution is 7.98. The van der Waals surface area contributed by atoms with E-state index >= 15 is 0 Å². The van der Waals surface area contributed by atoms with Crippen LogP contribution >= 0.6 is 11.8 Å². The van der Waals surface area contributed by atoms with E-state index in [4.69, 9.17) is 4.74 Å². The summed E-state index contributed by atoms with van der Waals surface area (Å²) in [5, 5.41) is 0. The molecule has 2 rings (SSSR count). The molecule has 3 heteroatoms. The number of hydrogen-bond acceptors (Lipinski definition) is 3. The second-order valence-electron chi connectivity index (χ2n) is 4.72. The Labute approximate surface area is 124 Å². The van der Waals surface area contributed by atoms with E-state index in [0.29, 0.717) is 16.9 Å². The topological polar surface area (TPSA) is 26.3 Å². The summed E-state index contributed by atoms with van der Waals surface area (Å²) in [7, 11) is 1.60. The third-order valence-electron chi connectivity index (χ3n) is 3.24. The molecule has 0 atom stereocenters. The summed E-state index contributed by atoms with van der Waals surface area (Å²) in [6.45, 7) is 3.94. The first-order chi connectivity index (χ1) is 9.56. The van der Waals surface area contributed by atoms with Gasteiger partial charge >= 0.3 is 0 Å². The first-order valence-corrected chi connectivity index (χ1v) is 7.63. The maximum atomic E-state index is 12.7. The fourth-order valence-electron chi connectivity index (χ4n) is 2.27. The molecule has 2 aromatic carbocycles. The van der Waals surface area contributed by atoms with Crippen LogP contribution in [0.15, 0.2) is 41.3 Å². The van der Waals surface area contributed by atoms with E-state index < -0.39 is 0 Å². The molecule has 0 fully saturated rings. The molecular weight excluding hydrogens is 268 g/mol. The Kier molecular flexibility index (Phi) is 4.50. The molecule has 0 aromatic heterocycles. The van der Waals surface area contributed by atoms with Crippen molar-refractivity contribution in [1.29, 1.82) is 0 Å². The van der Waals surface area contributed by atoms with Crippen molar-refractivity contribution in [2.24, 2.45) is 0 Å². The fraction of sp³-hybridized carbons (Fsp3) is 0.235. The SMILES string of the molecule is COc1cc(C)cc(C)c1C(=O)c1ccc(SC)cc1. The van der Waals surface area contributed by atoms with E-state index in [9.17, 15) is 4.79 Å². The van der Waals surface area contributed by atoms with Crippen molar-refractivity contribution < 1.29 is 9.53 Å². The monoisotopic (exact) mass is 286 g/mol. The van der Waals surface area contributed by atoms with Gasteiger partial charge in [0.2, 0.25) is 0 Å². The van der Waals surface area contributed by atoms with Gasteiger partial charge in [-0.25, -0.2) is 0 Å². The summed E-state index contributed by atoms with van der Waals surface area (Å²) in [5.41, 5.74) is 3.37. The van der Waals surface area contributed by atoms with E-state index in [1.807, 2.05) is 56.5 Å². The number of methoxy groups -OCH3 is 1. The van der Waals surface area contributed by atoms with Crippen LogP contribution in [0, 0.1) is 13.8 Å². The third-order valence-corrected chi connectivity index (χ3v) is 3.99. The van der Waals surface area contributed by atoms with E-state index in [0.717, 1.165) is 16.0 Å². The van der Waals surface area contributed by atoms with Crippen LogP contribution in [-0.4, -0.2) is 19.1 Å². The van der Waals surface area contributed by atoms with Gasteiger partial charge < -0.3 is 4.74 Å². The molecule has 104 valence electrons. The number of thioether (sulfide) groups is 1. The van der Waals surface area contributed by atoms with E-state index in [2.05, 4.69) is 0 Å². The molecule has 0 aliphatic carbocycles. The van der Waals surface area contributed by atoms with Crippen LogP contribution in [-0.2, 0) is 0 Å². The normalized spacial score (nSPS) is 10.4. The zero-order valence-corrected chi connectivity index (χ0v) is 13.0. The van der Waals surface area contributed by atoms with Crippen LogP contribution in [0.3, 0.4) is 0 Å². The fourth-order valence-corrected chi connectivity index (χ4v) is 2.68. The van der Waals surface area contributed by atoms with Crippen molar-refractivity contribution in [3.63, 3.8) is 0 Å². The van der Waals surface area contributed by atoms with Crippen molar-refractivity contribution in [1.82, 2.24) is 0 Å². The Morgan fingerprint density at radius 2 is 1.75 bits per heavy atom. The zero-order valence-electron chi connectivity index (χ0n) is 12.2. The van der Waals surface area contributed by atoms with Gasteiger partial charge in [0.1, 0.15) is 5.75 Å². The second kappa shape index (κ2) is 6.14. The van der Waals surface area contributed by atoms with Crippen LogP contribution < -0.4 is 4.74 Å². The van der Waals surface area contributed by atoms with Gasteiger partial charge in [0.15, 0.2) is 5.78 Å². The van der Waals surface area contributed by atoms with Gasteiger partial charge in [-0.2, -0.15) is 0 Å². The number of aryl methyl sites for hydroxylation is 2. The standard InChI is InChI=1S/C17H18O2S/c1-11-9-12(2)16(15(10-11)19-3)17(18)13-5-7-14(20-4)8-6-13/h5-10H,1-4H3. The second-order valence-corrected chi connectivity index (χ2v) is 5.60. The Hall–Kier alpha value is -1.74. The summed E-state index contributed by atoms with van der Waals surface area (Å²) in [5.74, 6) is 0.647. The number of rotatable bonds is 4. The van der Waals surface area contributed by atoms with Gasteiger partial charge in [-0.05, 0) is 61.6 Å². The third kappa shape index (κ3) is 2.88. The minimum absolute atomic E-state index is 0.00648. The van der Waals surface area contributed by atoms with Crippen molar-refractivity contribution in [3.05, 3.63) is 58.7 Å². The van der Waals surface area contributed by atoms with E-state index in [1.54, 1.807) is 18.9 Å². The molecule has 0 unspecified atom stereocenters. The largest absolute Gasteiger partial charge is 0.496 e. The molecule has 0 saturated heterocycles. The molecule has 2 aromatic rings. The van der Waals surface area contributed by atoms with Crippen molar-refractivity contribution in [3.8, 4) is 5.75 Å². The molecule has 0 heterocycles. The van der Waals surface area contributed by atoms with Gasteiger partial charge in [-0.3, -0.25) is 4.79 Å². The molecule has 0 bridgehead atoms. The average Bonchev–Trinajstić information content (AvgIpc) is 2.46. The van der Waals surface area contributed by atoms with Crippen LogP contribution in [0.1, 0.15) is 27.0 Å². The van der Waals surface area contributed by atoms with Gasteiger partial charge in [0.25, 0.3) is 0 Å². The zero-order chi connectivity index (χ0) is 14.7. The predicted octanol–water partition coefficient (Wildman–Crippen LogP) is 4.26. The molecule has 2 nitrogen and oxygen atoms in total. The molecule has 0 spiro atoms. The van der Waals surface area contributed by atoms with Gasteiger partial charge in [-0.15, -0.1) is 11.8 Å². The first kappa shape index (κ1) is 14.7. The van der Waals surface area contributed by atoms with Crippen LogP contribution in [0.5, 0.6) is 5.75 Å². The lowest BCUT2D eigenvalue weighted by Gasteiger charge is -2.12. The first-order valence-electron chi connectivity index (χ1n) is 6.40. The Bertz CT molecular complexity index is 630. The maximum absolute atomic E-state index is 12.7. The minimum atomic E-state index is 0.00648. The maximum Gasteiger partial charge on any atom is 0.197 e. The molecule has 20 heavy (non-hydrogen) atoms. The summed E-state index contributed by atoms with van der Waals surface area (Å²) >= 11 is 1.66. The summed E-state index contributed by atoms with van der Waals surface area (Å²) in [6, 6.07) is 11.6. The number of benzene rings is 2. The Morgan fingerprint density at radius 1 is 1.10 bits per heavy atom.